The van der Waals surface area contributed by atoms with Crippen molar-refractivity contribution in [3.63, 3.8) is 0 Å². The number of hydrogen-bond acceptors (Lipinski definition) is 6. The molecule has 6 N–H and O–H groups in total. The van der Waals surface area contributed by atoms with Crippen molar-refractivity contribution in [2.45, 2.75) is 38.1 Å². The summed E-state index contributed by atoms with van der Waals surface area (Å²) in [5.74, 6) is -2.58. The highest BCUT2D eigenvalue weighted by molar-refractivity contribution is 5.99. The van der Waals surface area contributed by atoms with Crippen molar-refractivity contribution in [1.29, 1.82) is 0 Å². The van der Waals surface area contributed by atoms with E-state index in [2.05, 4.69) is 4.99 Å². The molecule has 26 heavy (non-hydrogen) atoms. The average Bonchev–Trinajstić information content (AvgIpc) is 2.57. The fourth-order valence-electron chi connectivity index (χ4n) is 3.74. The Hall–Kier alpha value is -1.81. The first-order valence-electron chi connectivity index (χ1n) is 8.42. The zero-order chi connectivity index (χ0) is 19.5. The maximum atomic E-state index is 13.0. The van der Waals surface area contributed by atoms with Gasteiger partial charge in [-0.15, -0.1) is 0 Å². The van der Waals surface area contributed by atoms with Gasteiger partial charge in [0.2, 0.25) is 5.91 Å². The standard InChI is InChI=1S/C16H25F3N4O3/c1-25-6-7-26-14-15(13(22)24,8-11(20)12(21)23-14)9-2-4-10(5-3-9)16(17,18)19/h8-10,14H,2-7,20H2,1H3,(H2,21,23)(H2,22,24). The second-order valence-corrected chi connectivity index (χ2v) is 6.72. The first kappa shape index (κ1) is 20.5. The van der Waals surface area contributed by atoms with Crippen molar-refractivity contribution in [2.75, 3.05) is 20.3 Å². The number of methoxy groups -OCH3 is 1. The highest BCUT2D eigenvalue weighted by Gasteiger charge is 2.54. The SMILES string of the molecule is COCCOC1N=C(N)C(N)=CC1(C(N)=O)C1CCC(C(F)(F)F)CC1. The number of dihydropyridines is 1. The van der Waals surface area contributed by atoms with Crippen LogP contribution in [0.2, 0.25) is 0 Å². The minimum Gasteiger partial charge on any atom is -0.396 e. The monoisotopic (exact) mass is 378 g/mol. The topological polar surface area (TPSA) is 126 Å². The number of carbonyl (C=O) groups is 1. The van der Waals surface area contributed by atoms with Gasteiger partial charge >= 0.3 is 6.18 Å². The first-order valence-corrected chi connectivity index (χ1v) is 8.42. The summed E-state index contributed by atoms with van der Waals surface area (Å²) in [5, 5.41) is 0. The quantitative estimate of drug-likeness (QED) is 0.595. The fraction of sp³-hybridized carbons (Fsp3) is 0.750. The van der Waals surface area contributed by atoms with Crippen molar-refractivity contribution in [1.82, 2.24) is 0 Å². The zero-order valence-corrected chi connectivity index (χ0v) is 14.6. The summed E-state index contributed by atoms with van der Waals surface area (Å²) in [5.41, 5.74) is 15.9. The number of aliphatic imine (C=N–C) groups is 1. The molecule has 1 fully saturated rings. The summed E-state index contributed by atoms with van der Waals surface area (Å²) in [6, 6.07) is 0. The number of nitrogens with zero attached hydrogens (tertiary/aromatic N) is 1. The number of rotatable bonds is 6. The highest BCUT2D eigenvalue weighted by atomic mass is 19.4. The van der Waals surface area contributed by atoms with Crippen molar-refractivity contribution >= 4 is 11.7 Å². The molecule has 2 unspecified atom stereocenters. The molecule has 0 bridgehead atoms. The Kier molecular flexibility index (Phi) is 6.17. The molecular formula is C16H25F3N4O3. The molecule has 0 aromatic heterocycles. The van der Waals surface area contributed by atoms with Crippen molar-refractivity contribution in [3.8, 4) is 0 Å². The number of hydrogen-bond donors (Lipinski definition) is 3. The Morgan fingerprint density at radius 3 is 2.38 bits per heavy atom. The Morgan fingerprint density at radius 1 is 1.27 bits per heavy atom. The molecule has 0 aromatic rings. The molecule has 1 heterocycles. The van der Waals surface area contributed by atoms with Crippen LogP contribution in [0.15, 0.2) is 16.8 Å². The van der Waals surface area contributed by atoms with Gasteiger partial charge in [0.05, 0.1) is 24.8 Å². The van der Waals surface area contributed by atoms with Crippen LogP contribution < -0.4 is 17.2 Å². The van der Waals surface area contributed by atoms with Crippen molar-refractivity contribution < 1.29 is 27.4 Å². The van der Waals surface area contributed by atoms with Crippen LogP contribution in [0.3, 0.4) is 0 Å². The van der Waals surface area contributed by atoms with Crippen LogP contribution in [-0.2, 0) is 14.3 Å². The molecule has 1 aliphatic heterocycles. The second kappa shape index (κ2) is 7.83. The van der Waals surface area contributed by atoms with Crippen LogP contribution in [0.25, 0.3) is 0 Å². The summed E-state index contributed by atoms with van der Waals surface area (Å²) < 4.78 is 49.5. The van der Waals surface area contributed by atoms with E-state index in [1.807, 2.05) is 0 Å². The molecule has 0 spiro atoms. The molecule has 0 saturated heterocycles. The number of carbonyl (C=O) groups excluding carboxylic acids is 1. The molecule has 1 saturated carbocycles. The maximum Gasteiger partial charge on any atom is 0.391 e. The molecular weight excluding hydrogens is 353 g/mol. The van der Waals surface area contributed by atoms with E-state index in [4.69, 9.17) is 26.7 Å². The number of alkyl halides is 3. The lowest BCUT2D eigenvalue weighted by Gasteiger charge is -2.44. The minimum absolute atomic E-state index is 0.00766. The predicted octanol–water partition coefficient (Wildman–Crippen LogP) is 1.03. The van der Waals surface area contributed by atoms with E-state index in [0.717, 1.165) is 0 Å². The third-order valence-electron chi connectivity index (χ3n) is 5.21. The van der Waals surface area contributed by atoms with Gasteiger partial charge in [-0.2, -0.15) is 13.2 Å². The molecule has 0 radical (unpaired) electrons. The Balaban J connectivity index is 2.29. The Labute approximate surface area is 149 Å². The molecule has 148 valence electrons. The first-order chi connectivity index (χ1) is 12.1. The van der Waals surface area contributed by atoms with Crippen LogP contribution in [0.1, 0.15) is 25.7 Å². The van der Waals surface area contributed by atoms with Crippen LogP contribution in [0, 0.1) is 17.3 Å². The van der Waals surface area contributed by atoms with E-state index in [1.165, 1.54) is 13.2 Å². The summed E-state index contributed by atoms with van der Waals surface area (Å²) in [6.07, 6.45) is -3.72. The average molecular weight is 378 g/mol. The number of amidine groups is 1. The largest absolute Gasteiger partial charge is 0.396 e. The van der Waals surface area contributed by atoms with Gasteiger partial charge in [0.25, 0.3) is 0 Å². The highest BCUT2D eigenvalue weighted by Crippen LogP contribution is 2.49. The smallest absolute Gasteiger partial charge is 0.391 e. The molecule has 2 aliphatic rings. The number of primary amides is 1. The summed E-state index contributed by atoms with van der Waals surface area (Å²) in [6.45, 7) is 0.374. The van der Waals surface area contributed by atoms with Gasteiger partial charge < -0.3 is 26.7 Å². The van der Waals surface area contributed by atoms with Gasteiger partial charge in [-0.05, 0) is 37.7 Å². The summed E-state index contributed by atoms with van der Waals surface area (Å²) in [4.78, 5) is 16.6. The van der Waals surface area contributed by atoms with E-state index >= 15 is 0 Å². The third-order valence-corrected chi connectivity index (χ3v) is 5.21. The van der Waals surface area contributed by atoms with E-state index < -0.39 is 35.6 Å². The summed E-state index contributed by atoms with van der Waals surface area (Å²) >= 11 is 0. The van der Waals surface area contributed by atoms with Gasteiger partial charge in [-0.1, -0.05) is 0 Å². The van der Waals surface area contributed by atoms with Gasteiger partial charge in [0, 0.05) is 7.11 Å². The fourth-order valence-corrected chi connectivity index (χ4v) is 3.74. The predicted molar refractivity (Wildman–Crippen MR) is 88.6 cm³/mol. The van der Waals surface area contributed by atoms with E-state index in [1.54, 1.807) is 0 Å². The molecule has 7 nitrogen and oxygen atoms in total. The lowest BCUT2D eigenvalue weighted by Crippen LogP contribution is -2.55. The number of amides is 1. The number of ether oxygens (including phenoxy) is 2. The zero-order valence-electron chi connectivity index (χ0n) is 14.6. The molecule has 1 aliphatic carbocycles. The molecule has 2 atom stereocenters. The van der Waals surface area contributed by atoms with Gasteiger partial charge in [-0.3, -0.25) is 4.79 Å². The number of nitrogens with two attached hydrogens (primary N) is 3. The molecule has 0 aromatic carbocycles. The lowest BCUT2D eigenvalue weighted by molar-refractivity contribution is -0.187. The summed E-state index contributed by atoms with van der Waals surface area (Å²) in [7, 11) is 1.49. The van der Waals surface area contributed by atoms with Gasteiger partial charge in [0.1, 0.15) is 11.3 Å². The molecule has 2 rings (SSSR count). The van der Waals surface area contributed by atoms with Crippen LogP contribution in [0.5, 0.6) is 0 Å². The Bertz CT molecular complexity index is 586. The van der Waals surface area contributed by atoms with E-state index in [9.17, 15) is 18.0 Å². The van der Waals surface area contributed by atoms with E-state index in [-0.39, 0.29) is 50.4 Å². The van der Waals surface area contributed by atoms with E-state index in [0.29, 0.717) is 0 Å². The van der Waals surface area contributed by atoms with Crippen LogP contribution in [-0.4, -0.2) is 44.5 Å². The second-order valence-electron chi connectivity index (χ2n) is 6.72. The van der Waals surface area contributed by atoms with Crippen LogP contribution in [0.4, 0.5) is 13.2 Å². The maximum absolute atomic E-state index is 13.0. The van der Waals surface area contributed by atoms with Gasteiger partial charge in [-0.25, -0.2) is 4.99 Å². The molecule has 1 amide bonds. The minimum atomic E-state index is -4.25. The number of halogens is 3. The molecule has 10 heteroatoms. The normalized spacial score (nSPS) is 32.7. The Morgan fingerprint density at radius 2 is 1.88 bits per heavy atom. The third kappa shape index (κ3) is 3.96. The van der Waals surface area contributed by atoms with Crippen molar-refractivity contribution in [2.24, 2.45) is 39.4 Å². The van der Waals surface area contributed by atoms with Gasteiger partial charge in [0.15, 0.2) is 6.23 Å². The van der Waals surface area contributed by atoms with Crippen molar-refractivity contribution in [3.05, 3.63) is 11.8 Å². The lowest BCUT2D eigenvalue weighted by atomic mass is 9.64. The van der Waals surface area contributed by atoms with Crippen LogP contribution >= 0.6 is 0 Å².